The number of nitrogens with zero attached hydrogens (tertiary/aromatic N) is 2. The Kier molecular flexibility index (Phi) is 7.64. The van der Waals surface area contributed by atoms with Gasteiger partial charge in [-0.15, -0.1) is 0 Å². The van der Waals surface area contributed by atoms with Crippen molar-refractivity contribution in [1.29, 1.82) is 0 Å². The molecular formula is C13H26N4O3. The second-order valence-corrected chi connectivity index (χ2v) is 4.85. The second kappa shape index (κ2) is 8.39. The average Bonchev–Trinajstić information content (AvgIpc) is 2.42. The Morgan fingerprint density at radius 2 is 1.65 bits per heavy atom. The van der Waals surface area contributed by atoms with Gasteiger partial charge in [0.25, 0.3) is 0 Å². The van der Waals surface area contributed by atoms with Crippen molar-refractivity contribution in [2.75, 3.05) is 13.1 Å². The van der Waals surface area contributed by atoms with Crippen LogP contribution in [0.3, 0.4) is 0 Å². The molecule has 0 fully saturated rings. The topological polar surface area (TPSA) is 122 Å². The number of hydrogen-bond donors (Lipinski definition) is 3. The van der Waals surface area contributed by atoms with Crippen LogP contribution in [0.2, 0.25) is 0 Å². The van der Waals surface area contributed by atoms with Gasteiger partial charge >= 0.3 is 0 Å². The first-order chi connectivity index (χ1) is 9.39. The van der Waals surface area contributed by atoms with Crippen molar-refractivity contribution in [2.24, 2.45) is 22.0 Å². The Bertz CT molecular complexity index is 363. The number of oxime groups is 1. The van der Waals surface area contributed by atoms with E-state index in [2.05, 4.69) is 5.16 Å². The number of carbonyl (C=O) groups is 2. The Balaban J connectivity index is 5.57. The summed E-state index contributed by atoms with van der Waals surface area (Å²) in [5, 5.41) is 12.1. The van der Waals surface area contributed by atoms with Gasteiger partial charge in [-0.3, -0.25) is 9.59 Å². The highest BCUT2D eigenvalue weighted by atomic mass is 16.4. The normalized spacial score (nSPS) is 12.2. The molecule has 7 nitrogen and oxygen atoms in total. The van der Waals surface area contributed by atoms with Crippen molar-refractivity contribution in [2.45, 2.75) is 46.5 Å². The number of amides is 2. The summed E-state index contributed by atoms with van der Waals surface area (Å²) in [5.41, 5.74) is 9.88. The lowest BCUT2D eigenvalue weighted by atomic mass is 9.76. The smallest absolute Gasteiger partial charge is 0.237 e. The van der Waals surface area contributed by atoms with Crippen molar-refractivity contribution < 1.29 is 14.8 Å². The Morgan fingerprint density at radius 3 is 1.95 bits per heavy atom. The van der Waals surface area contributed by atoms with Crippen LogP contribution in [0.25, 0.3) is 0 Å². The molecule has 0 aromatic rings. The number of carbonyl (C=O) groups excluding carboxylic acids is 2. The summed E-state index contributed by atoms with van der Waals surface area (Å²) in [6.45, 7) is 5.79. The van der Waals surface area contributed by atoms with Gasteiger partial charge in [0, 0.05) is 6.54 Å². The van der Waals surface area contributed by atoms with Crippen LogP contribution < -0.4 is 11.5 Å². The van der Waals surface area contributed by atoms with Crippen LogP contribution in [0.5, 0.6) is 0 Å². The van der Waals surface area contributed by atoms with Crippen molar-refractivity contribution >= 4 is 17.6 Å². The summed E-state index contributed by atoms with van der Waals surface area (Å²) in [7, 11) is 0. The maximum Gasteiger partial charge on any atom is 0.237 e. The quantitative estimate of drug-likeness (QED) is 0.249. The monoisotopic (exact) mass is 286 g/mol. The molecule has 0 bridgehead atoms. The van der Waals surface area contributed by atoms with Crippen molar-refractivity contribution in [3.05, 3.63) is 0 Å². The highest BCUT2D eigenvalue weighted by Crippen LogP contribution is 2.32. The predicted octanol–water partition coefficient (Wildman–Crippen LogP) is 0.653. The Morgan fingerprint density at radius 1 is 1.15 bits per heavy atom. The zero-order chi connectivity index (χ0) is 15.8. The first-order valence-electron chi connectivity index (χ1n) is 6.95. The van der Waals surface area contributed by atoms with Gasteiger partial charge in [-0.25, -0.2) is 0 Å². The molecule has 0 aromatic heterocycles. The summed E-state index contributed by atoms with van der Waals surface area (Å²) in [6, 6.07) is 0. The molecule has 0 heterocycles. The summed E-state index contributed by atoms with van der Waals surface area (Å²) in [5.74, 6) is -0.992. The van der Waals surface area contributed by atoms with E-state index in [4.69, 9.17) is 16.7 Å². The molecule has 116 valence electrons. The molecule has 20 heavy (non-hydrogen) atoms. The molecule has 0 aliphatic heterocycles. The fourth-order valence-corrected chi connectivity index (χ4v) is 2.47. The molecule has 0 aromatic carbocycles. The zero-order valence-electron chi connectivity index (χ0n) is 12.6. The third-order valence-corrected chi connectivity index (χ3v) is 3.38. The standard InChI is InChI=1S/C13H26N4O3/c1-4-7-13(8-5-2,11(15)16-20)12(19)17(6-3)9-10(14)18/h20H,4-9H2,1-3H3,(H2,14,18)(H2,15,16). The van der Waals surface area contributed by atoms with Crippen molar-refractivity contribution in [3.63, 3.8) is 0 Å². The summed E-state index contributed by atoms with van der Waals surface area (Å²) >= 11 is 0. The largest absolute Gasteiger partial charge is 0.409 e. The highest BCUT2D eigenvalue weighted by molar-refractivity contribution is 6.07. The van der Waals surface area contributed by atoms with E-state index in [1.165, 1.54) is 4.90 Å². The maximum atomic E-state index is 12.8. The zero-order valence-corrected chi connectivity index (χ0v) is 12.6. The molecule has 0 atom stereocenters. The molecule has 0 spiro atoms. The molecule has 0 aliphatic carbocycles. The fourth-order valence-electron chi connectivity index (χ4n) is 2.47. The van der Waals surface area contributed by atoms with Crippen LogP contribution in [0, 0.1) is 5.41 Å². The number of primary amides is 1. The number of likely N-dealkylation sites (N-methyl/N-ethyl adjacent to an activating group) is 1. The minimum atomic E-state index is -1.07. The molecule has 0 rings (SSSR count). The van der Waals surface area contributed by atoms with E-state index in [-0.39, 0.29) is 18.3 Å². The average molecular weight is 286 g/mol. The lowest BCUT2D eigenvalue weighted by Gasteiger charge is -2.35. The van der Waals surface area contributed by atoms with Gasteiger partial charge in [-0.2, -0.15) is 0 Å². The summed E-state index contributed by atoms with van der Waals surface area (Å²) < 4.78 is 0. The van der Waals surface area contributed by atoms with Gasteiger partial charge in [0.15, 0.2) is 5.84 Å². The number of nitrogens with two attached hydrogens (primary N) is 2. The Labute approximate surface area is 120 Å². The SMILES string of the molecule is CCCC(CCC)(C(=O)N(CC)CC(N)=O)C(N)=NO. The Hall–Kier alpha value is -1.79. The van der Waals surface area contributed by atoms with E-state index in [1.54, 1.807) is 6.92 Å². The molecule has 0 radical (unpaired) electrons. The van der Waals surface area contributed by atoms with Crippen LogP contribution in [-0.2, 0) is 9.59 Å². The van der Waals surface area contributed by atoms with Crippen molar-refractivity contribution in [1.82, 2.24) is 4.90 Å². The molecule has 0 aliphatic rings. The molecule has 2 amide bonds. The third-order valence-electron chi connectivity index (χ3n) is 3.38. The molecule has 7 heteroatoms. The van der Waals surface area contributed by atoms with Gasteiger partial charge < -0.3 is 21.6 Å². The van der Waals surface area contributed by atoms with Gasteiger partial charge in [0.05, 0.1) is 6.54 Å². The third kappa shape index (κ3) is 4.11. The molecule has 5 N–H and O–H groups in total. The lowest BCUT2D eigenvalue weighted by Crippen LogP contribution is -2.53. The van der Waals surface area contributed by atoms with Crippen LogP contribution >= 0.6 is 0 Å². The van der Waals surface area contributed by atoms with Crippen molar-refractivity contribution in [3.8, 4) is 0 Å². The van der Waals surface area contributed by atoms with Crippen LogP contribution in [0.4, 0.5) is 0 Å². The molecule has 0 saturated carbocycles. The van der Waals surface area contributed by atoms with Gasteiger partial charge in [-0.1, -0.05) is 31.8 Å². The van der Waals surface area contributed by atoms with E-state index in [9.17, 15) is 9.59 Å². The molecule has 0 saturated heterocycles. The number of rotatable bonds is 9. The highest BCUT2D eigenvalue weighted by Gasteiger charge is 2.43. The number of hydrogen-bond acceptors (Lipinski definition) is 4. The summed E-state index contributed by atoms with van der Waals surface area (Å²) in [6.07, 6.45) is 2.34. The van der Waals surface area contributed by atoms with Gasteiger partial charge in [0.2, 0.25) is 11.8 Å². The van der Waals surface area contributed by atoms with Crippen LogP contribution in [-0.4, -0.2) is 40.8 Å². The first kappa shape index (κ1) is 18.2. The predicted molar refractivity (Wildman–Crippen MR) is 77.1 cm³/mol. The number of amidine groups is 1. The van der Waals surface area contributed by atoms with E-state index < -0.39 is 11.3 Å². The van der Waals surface area contributed by atoms with Gasteiger partial charge in [-0.05, 0) is 19.8 Å². The second-order valence-electron chi connectivity index (χ2n) is 4.85. The molecular weight excluding hydrogens is 260 g/mol. The van der Waals surface area contributed by atoms with E-state index >= 15 is 0 Å². The first-order valence-corrected chi connectivity index (χ1v) is 6.95. The fraction of sp³-hybridized carbons (Fsp3) is 0.769. The van der Waals surface area contributed by atoms with Gasteiger partial charge in [0.1, 0.15) is 5.41 Å². The molecule has 0 unspecified atom stereocenters. The van der Waals surface area contributed by atoms with Crippen LogP contribution in [0.1, 0.15) is 46.5 Å². The van der Waals surface area contributed by atoms with E-state index in [0.29, 0.717) is 32.2 Å². The van der Waals surface area contributed by atoms with Crippen LogP contribution in [0.15, 0.2) is 5.16 Å². The van der Waals surface area contributed by atoms with E-state index in [0.717, 1.165) is 0 Å². The van der Waals surface area contributed by atoms with E-state index in [1.807, 2.05) is 13.8 Å². The summed E-state index contributed by atoms with van der Waals surface area (Å²) in [4.78, 5) is 25.2. The lowest BCUT2D eigenvalue weighted by molar-refractivity contribution is -0.141. The minimum absolute atomic E-state index is 0.103. The maximum absolute atomic E-state index is 12.8. The minimum Gasteiger partial charge on any atom is -0.409 e.